The Labute approximate surface area is 139 Å². The zero-order chi connectivity index (χ0) is 17.0. The summed E-state index contributed by atoms with van der Waals surface area (Å²) in [6.07, 6.45) is 0.905. The Kier molecular flexibility index (Phi) is 6.18. The second-order valence-corrected chi connectivity index (χ2v) is 6.68. The molecule has 6 heteroatoms. The molecule has 1 aliphatic rings. The summed E-state index contributed by atoms with van der Waals surface area (Å²) in [5.41, 5.74) is 3.58. The van der Waals surface area contributed by atoms with Crippen LogP contribution in [0.3, 0.4) is 0 Å². The van der Waals surface area contributed by atoms with Crippen molar-refractivity contribution in [1.82, 2.24) is 24.9 Å². The van der Waals surface area contributed by atoms with Crippen molar-refractivity contribution >= 4 is 5.91 Å². The van der Waals surface area contributed by atoms with Crippen LogP contribution < -0.4 is 5.32 Å². The van der Waals surface area contributed by atoms with Gasteiger partial charge in [0.1, 0.15) is 0 Å². The average molecular weight is 321 g/mol. The van der Waals surface area contributed by atoms with E-state index in [4.69, 9.17) is 0 Å². The van der Waals surface area contributed by atoms with Crippen molar-refractivity contribution in [2.45, 2.75) is 46.7 Å². The zero-order valence-corrected chi connectivity index (χ0v) is 15.2. The Hall–Kier alpha value is -1.40. The summed E-state index contributed by atoms with van der Waals surface area (Å²) >= 11 is 0. The van der Waals surface area contributed by atoms with Gasteiger partial charge in [0.15, 0.2) is 0 Å². The topological polar surface area (TPSA) is 53.4 Å². The summed E-state index contributed by atoms with van der Waals surface area (Å²) in [6.45, 7) is 13.8. The molecule has 1 atom stereocenters. The molecule has 1 aliphatic heterocycles. The molecule has 130 valence electrons. The predicted molar refractivity (Wildman–Crippen MR) is 92.6 cm³/mol. The summed E-state index contributed by atoms with van der Waals surface area (Å²) in [5, 5.41) is 7.60. The van der Waals surface area contributed by atoms with Crippen LogP contribution in [-0.4, -0.2) is 71.3 Å². The molecule has 1 N–H and O–H groups in total. The van der Waals surface area contributed by atoms with Gasteiger partial charge in [-0.25, -0.2) is 0 Å². The fourth-order valence-electron chi connectivity index (χ4n) is 2.97. The molecule has 0 unspecified atom stereocenters. The van der Waals surface area contributed by atoms with E-state index < -0.39 is 0 Å². The molecule has 1 amide bonds. The van der Waals surface area contributed by atoms with E-state index in [1.54, 1.807) is 0 Å². The third kappa shape index (κ3) is 4.54. The maximum Gasteiger partial charge on any atom is 0.237 e. The monoisotopic (exact) mass is 321 g/mol. The first-order valence-corrected chi connectivity index (χ1v) is 8.61. The van der Waals surface area contributed by atoms with Gasteiger partial charge >= 0.3 is 0 Å². The Morgan fingerprint density at radius 3 is 2.43 bits per heavy atom. The highest BCUT2D eigenvalue weighted by molar-refractivity contribution is 5.81. The molecule has 1 aromatic heterocycles. The van der Waals surface area contributed by atoms with Gasteiger partial charge in [0.2, 0.25) is 5.91 Å². The van der Waals surface area contributed by atoms with Gasteiger partial charge in [-0.15, -0.1) is 0 Å². The van der Waals surface area contributed by atoms with E-state index >= 15 is 0 Å². The van der Waals surface area contributed by atoms with E-state index in [0.29, 0.717) is 6.54 Å². The third-order valence-corrected chi connectivity index (χ3v) is 5.05. The fraction of sp³-hybridized carbons (Fsp3) is 0.765. The number of rotatable bonds is 6. The minimum Gasteiger partial charge on any atom is -0.355 e. The molecular weight excluding hydrogens is 290 g/mol. The van der Waals surface area contributed by atoms with Crippen LogP contribution in [0.5, 0.6) is 0 Å². The number of amides is 1. The van der Waals surface area contributed by atoms with E-state index in [0.717, 1.165) is 44.8 Å². The number of aromatic nitrogens is 2. The van der Waals surface area contributed by atoms with Crippen molar-refractivity contribution < 1.29 is 4.79 Å². The SMILES string of the molecule is Cc1nn(CCCNC(=O)[C@H](C)N2CCN(C)CC2)c(C)c1C. The first kappa shape index (κ1) is 17.9. The van der Waals surface area contributed by atoms with Crippen molar-refractivity contribution in [2.24, 2.45) is 0 Å². The van der Waals surface area contributed by atoms with Crippen LogP contribution in [-0.2, 0) is 11.3 Å². The summed E-state index contributed by atoms with van der Waals surface area (Å²) < 4.78 is 2.04. The number of nitrogens with one attached hydrogen (secondary N) is 1. The molecule has 0 aliphatic carbocycles. The molecule has 6 nitrogen and oxygen atoms in total. The number of likely N-dealkylation sites (N-methyl/N-ethyl adjacent to an activating group) is 1. The summed E-state index contributed by atoms with van der Waals surface area (Å²) in [4.78, 5) is 16.8. The normalized spacial score (nSPS) is 18.1. The molecule has 23 heavy (non-hydrogen) atoms. The molecular formula is C17H31N5O. The average Bonchev–Trinajstić information content (AvgIpc) is 2.78. The van der Waals surface area contributed by atoms with Crippen molar-refractivity contribution in [3.05, 3.63) is 17.0 Å². The predicted octanol–water partition coefficient (Wildman–Crippen LogP) is 0.951. The number of hydrogen-bond acceptors (Lipinski definition) is 4. The number of aryl methyl sites for hydroxylation is 2. The fourth-order valence-corrected chi connectivity index (χ4v) is 2.97. The maximum absolute atomic E-state index is 12.3. The molecule has 1 aromatic rings. The quantitative estimate of drug-likeness (QED) is 0.793. The Morgan fingerprint density at radius 1 is 1.22 bits per heavy atom. The van der Waals surface area contributed by atoms with Crippen molar-refractivity contribution in [3.8, 4) is 0 Å². The highest BCUT2D eigenvalue weighted by Gasteiger charge is 2.23. The van der Waals surface area contributed by atoms with Crippen molar-refractivity contribution in [3.63, 3.8) is 0 Å². The first-order valence-electron chi connectivity index (χ1n) is 8.61. The van der Waals surface area contributed by atoms with Gasteiger partial charge in [0.05, 0.1) is 11.7 Å². The van der Waals surface area contributed by atoms with Crippen LogP contribution in [0.4, 0.5) is 0 Å². The molecule has 2 heterocycles. The van der Waals surface area contributed by atoms with E-state index in [1.165, 1.54) is 11.3 Å². The molecule has 0 aromatic carbocycles. The second kappa shape index (κ2) is 7.93. The third-order valence-electron chi connectivity index (χ3n) is 5.05. The molecule has 0 saturated carbocycles. The number of piperazine rings is 1. The van der Waals surface area contributed by atoms with Crippen LogP contribution in [0.15, 0.2) is 0 Å². The van der Waals surface area contributed by atoms with Gasteiger partial charge in [0.25, 0.3) is 0 Å². The number of carbonyl (C=O) groups is 1. The van der Waals surface area contributed by atoms with Crippen LogP contribution >= 0.6 is 0 Å². The lowest BCUT2D eigenvalue weighted by atomic mass is 10.2. The number of carbonyl (C=O) groups excluding carboxylic acids is 1. The Bertz CT molecular complexity index is 531. The Balaban J connectivity index is 1.71. The van der Waals surface area contributed by atoms with Gasteiger partial charge in [0, 0.05) is 45.0 Å². The smallest absolute Gasteiger partial charge is 0.237 e. The molecule has 1 fully saturated rings. The van der Waals surface area contributed by atoms with Gasteiger partial charge in [-0.05, 0) is 46.7 Å². The summed E-state index contributed by atoms with van der Waals surface area (Å²) in [7, 11) is 2.13. The Morgan fingerprint density at radius 2 is 1.87 bits per heavy atom. The minimum atomic E-state index is -0.0420. The first-order chi connectivity index (χ1) is 10.9. The van der Waals surface area contributed by atoms with Crippen LogP contribution in [0.2, 0.25) is 0 Å². The van der Waals surface area contributed by atoms with E-state index in [2.05, 4.69) is 41.1 Å². The molecule has 2 rings (SSSR count). The highest BCUT2D eigenvalue weighted by Crippen LogP contribution is 2.11. The molecule has 0 spiro atoms. The molecule has 0 bridgehead atoms. The van der Waals surface area contributed by atoms with Crippen molar-refractivity contribution in [2.75, 3.05) is 39.8 Å². The van der Waals surface area contributed by atoms with Gasteiger partial charge < -0.3 is 10.2 Å². The lowest BCUT2D eigenvalue weighted by molar-refractivity contribution is -0.126. The van der Waals surface area contributed by atoms with E-state index in [9.17, 15) is 4.79 Å². The highest BCUT2D eigenvalue weighted by atomic mass is 16.2. The van der Waals surface area contributed by atoms with Gasteiger partial charge in [-0.3, -0.25) is 14.4 Å². The zero-order valence-electron chi connectivity index (χ0n) is 15.2. The number of hydrogen-bond donors (Lipinski definition) is 1. The van der Waals surface area contributed by atoms with E-state index in [-0.39, 0.29) is 11.9 Å². The summed E-state index contributed by atoms with van der Waals surface area (Å²) in [6, 6.07) is -0.0420. The number of nitrogens with zero attached hydrogens (tertiary/aromatic N) is 4. The maximum atomic E-state index is 12.3. The van der Waals surface area contributed by atoms with Crippen molar-refractivity contribution in [1.29, 1.82) is 0 Å². The van der Waals surface area contributed by atoms with Crippen LogP contribution in [0.1, 0.15) is 30.3 Å². The largest absolute Gasteiger partial charge is 0.355 e. The lowest BCUT2D eigenvalue weighted by Crippen LogP contribution is -2.53. The van der Waals surface area contributed by atoms with E-state index in [1.807, 2.05) is 18.5 Å². The minimum absolute atomic E-state index is 0.0420. The summed E-state index contributed by atoms with van der Waals surface area (Å²) in [5.74, 6) is 0.138. The van der Waals surface area contributed by atoms with Crippen LogP contribution in [0.25, 0.3) is 0 Å². The van der Waals surface area contributed by atoms with Gasteiger partial charge in [-0.2, -0.15) is 5.10 Å². The lowest BCUT2D eigenvalue weighted by Gasteiger charge is -2.35. The molecule has 1 saturated heterocycles. The second-order valence-electron chi connectivity index (χ2n) is 6.68. The van der Waals surface area contributed by atoms with Gasteiger partial charge in [-0.1, -0.05) is 0 Å². The standard InChI is InChI=1S/C17H31N5O/c1-13-14(2)19-22(15(13)3)8-6-7-18-17(23)16(4)21-11-9-20(5)10-12-21/h16H,6-12H2,1-5H3,(H,18,23)/t16-/m0/s1. The van der Waals surface area contributed by atoms with Crippen LogP contribution in [0, 0.1) is 20.8 Å². The molecule has 0 radical (unpaired) electrons.